The van der Waals surface area contributed by atoms with Gasteiger partial charge in [-0.15, -0.1) is 0 Å². The lowest BCUT2D eigenvalue weighted by molar-refractivity contribution is -0.142. The fourth-order valence-electron chi connectivity index (χ4n) is 0.806. The van der Waals surface area contributed by atoms with Gasteiger partial charge >= 0.3 is 12.0 Å². The van der Waals surface area contributed by atoms with Crippen molar-refractivity contribution >= 4 is 12.0 Å². The van der Waals surface area contributed by atoms with E-state index in [-0.39, 0.29) is 18.6 Å². The highest BCUT2D eigenvalue weighted by Gasteiger charge is 1.96. The minimum atomic E-state index is -0.320. The predicted octanol–water partition coefficient (Wildman–Crippen LogP) is -0.115. The van der Waals surface area contributed by atoms with E-state index in [0.717, 1.165) is 0 Å². The Morgan fingerprint density at radius 1 is 1.13 bits per heavy atom. The molecule has 0 aromatic rings. The molecule has 0 aromatic heterocycles. The summed E-state index contributed by atoms with van der Waals surface area (Å²) in [6, 6.07) is -0.207. The van der Waals surface area contributed by atoms with Gasteiger partial charge in [0.05, 0.1) is 13.2 Å². The molecule has 0 aliphatic heterocycles. The van der Waals surface area contributed by atoms with E-state index in [0.29, 0.717) is 26.3 Å². The highest BCUT2D eigenvalue weighted by Crippen LogP contribution is 1.79. The molecular weight excluding hydrogens is 200 g/mol. The summed E-state index contributed by atoms with van der Waals surface area (Å²) in [6.07, 6.45) is 0. The van der Waals surface area contributed by atoms with Crippen LogP contribution in [0.5, 0.6) is 0 Å². The Balaban J connectivity index is 3.11. The van der Waals surface area contributed by atoms with Crippen molar-refractivity contribution in [1.82, 2.24) is 10.6 Å². The molecule has 6 nitrogen and oxygen atoms in total. The second-order valence-electron chi connectivity index (χ2n) is 2.74. The van der Waals surface area contributed by atoms with Crippen LogP contribution in [0.2, 0.25) is 0 Å². The molecule has 2 N–H and O–H groups in total. The molecular formula is C9H18N2O4. The van der Waals surface area contributed by atoms with Gasteiger partial charge in [0.15, 0.2) is 0 Å². The molecule has 0 aromatic carbocycles. The first-order valence-corrected chi connectivity index (χ1v) is 4.89. The quantitative estimate of drug-likeness (QED) is 0.461. The Bertz CT molecular complexity index is 197. The molecule has 0 bridgehead atoms. The van der Waals surface area contributed by atoms with Gasteiger partial charge in [-0.05, 0) is 6.92 Å². The van der Waals surface area contributed by atoms with Gasteiger partial charge in [-0.2, -0.15) is 0 Å². The van der Waals surface area contributed by atoms with E-state index >= 15 is 0 Å². The minimum Gasteiger partial charge on any atom is -0.463 e. The normalized spacial score (nSPS) is 9.47. The van der Waals surface area contributed by atoms with Crippen LogP contribution in [0.4, 0.5) is 4.79 Å². The van der Waals surface area contributed by atoms with Crippen molar-refractivity contribution in [3.05, 3.63) is 0 Å². The summed E-state index contributed by atoms with van der Waals surface area (Å²) in [4.78, 5) is 21.2. The average molecular weight is 218 g/mol. The molecule has 0 atom stereocenters. The molecule has 0 spiro atoms. The third-order valence-corrected chi connectivity index (χ3v) is 1.40. The minimum absolute atomic E-state index is 0.207. The van der Waals surface area contributed by atoms with Gasteiger partial charge in [0.1, 0.15) is 6.61 Å². The zero-order valence-corrected chi connectivity index (χ0v) is 9.17. The van der Waals surface area contributed by atoms with Crippen LogP contribution in [-0.2, 0) is 14.3 Å². The van der Waals surface area contributed by atoms with Gasteiger partial charge in [0.25, 0.3) is 0 Å². The van der Waals surface area contributed by atoms with Crippen LogP contribution in [-0.4, -0.2) is 44.9 Å². The number of hydrogen-bond donors (Lipinski definition) is 2. The maximum atomic E-state index is 10.9. The topological polar surface area (TPSA) is 76.7 Å². The van der Waals surface area contributed by atoms with E-state index in [9.17, 15) is 9.59 Å². The molecule has 15 heavy (non-hydrogen) atoms. The van der Waals surface area contributed by atoms with Crippen LogP contribution >= 0.6 is 0 Å². The Labute approximate surface area is 89.3 Å². The SMILES string of the molecule is CCNC(=O)NCCOCCOC(C)=O. The van der Waals surface area contributed by atoms with Crippen molar-refractivity contribution in [3.63, 3.8) is 0 Å². The lowest BCUT2D eigenvalue weighted by Gasteiger charge is -2.06. The van der Waals surface area contributed by atoms with E-state index < -0.39 is 0 Å². The Hall–Kier alpha value is -1.30. The summed E-state index contributed by atoms with van der Waals surface area (Å²) >= 11 is 0. The number of urea groups is 1. The average Bonchev–Trinajstić information content (AvgIpc) is 2.16. The second kappa shape index (κ2) is 9.26. The van der Waals surface area contributed by atoms with Gasteiger partial charge in [-0.3, -0.25) is 4.79 Å². The zero-order valence-electron chi connectivity index (χ0n) is 9.17. The molecule has 2 amide bonds. The van der Waals surface area contributed by atoms with Crippen molar-refractivity contribution in [2.75, 3.05) is 32.9 Å². The molecule has 0 saturated heterocycles. The zero-order chi connectivity index (χ0) is 11.5. The number of nitrogens with one attached hydrogen (secondary N) is 2. The Kier molecular flexibility index (Phi) is 8.46. The third-order valence-electron chi connectivity index (χ3n) is 1.40. The van der Waals surface area contributed by atoms with E-state index in [2.05, 4.69) is 15.4 Å². The summed E-state index contributed by atoms with van der Waals surface area (Å²) in [6.45, 7) is 5.21. The van der Waals surface area contributed by atoms with E-state index in [1.165, 1.54) is 6.92 Å². The van der Waals surface area contributed by atoms with Gasteiger partial charge < -0.3 is 20.1 Å². The van der Waals surface area contributed by atoms with Gasteiger partial charge in [0.2, 0.25) is 0 Å². The molecule has 0 saturated carbocycles. The maximum Gasteiger partial charge on any atom is 0.314 e. The smallest absolute Gasteiger partial charge is 0.314 e. The van der Waals surface area contributed by atoms with Crippen LogP contribution < -0.4 is 10.6 Å². The number of esters is 1. The van der Waals surface area contributed by atoms with Gasteiger partial charge in [-0.25, -0.2) is 4.79 Å². The summed E-state index contributed by atoms with van der Waals surface area (Å²) in [5.41, 5.74) is 0. The first-order chi connectivity index (χ1) is 7.16. The molecule has 0 fully saturated rings. The summed E-state index contributed by atoms with van der Waals surface area (Å²) in [5, 5.41) is 5.19. The predicted molar refractivity (Wildman–Crippen MR) is 54.5 cm³/mol. The number of carbonyl (C=O) groups is 2. The van der Waals surface area contributed by atoms with Gasteiger partial charge in [0, 0.05) is 20.0 Å². The fraction of sp³-hybridized carbons (Fsp3) is 0.778. The second-order valence-corrected chi connectivity index (χ2v) is 2.74. The lowest BCUT2D eigenvalue weighted by atomic mass is 10.6. The molecule has 0 aliphatic rings. The molecule has 0 rings (SSSR count). The van der Waals surface area contributed by atoms with Crippen molar-refractivity contribution < 1.29 is 19.1 Å². The molecule has 88 valence electrons. The van der Waals surface area contributed by atoms with Crippen LogP contribution in [0, 0.1) is 0 Å². The van der Waals surface area contributed by atoms with Gasteiger partial charge in [-0.1, -0.05) is 0 Å². The molecule has 0 unspecified atom stereocenters. The van der Waals surface area contributed by atoms with E-state index in [1.54, 1.807) is 0 Å². The summed E-state index contributed by atoms with van der Waals surface area (Å²) in [5.74, 6) is -0.320. The van der Waals surface area contributed by atoms with Crippen LogP contribution in [0.15, 0.2) is 0 Å². The highest BCUT2D eigenvalue weighted by molar-refractivity contribution is 5.73. The Morgan fingerprint density at radius 3 is 2.47 bits per heavy atom. The number of rotatable bonds is 7. The number of carbonyl (C=O) groups excluding carboxylic acids is 2. The monoisotopic (exact) mass is 218 g/mol. The largest absolute Gasteiger partial charge is 0.463 e. The molecule has 6 heteroatoms. The fourth-order valence-corrected chi connectivity index (χ4v) is 0.806. The summed E-state index contributed by atoms with van der Waals surface area (Å²) in [7, 11) is 0. The number of amides is 2. The molecule has 0 radical (unpaired) electrons. The Morgan fingerprint density at radius 2 is 1.87 bits per heavy atom. The summed E-state index contributed by atoms with van der Waals surface area (Å²) < 4.78 is 9.74. The number of ether oxygens (including phenoxy) is 2. The molecule has 0 aliphatic carbocycles. The first kappa shape index (κ1) is 13.7. The van der Waals surface area contributed by atoms with Crippen molar-refractivity contribution in [3.8, 4) is 0 Å². The molecule has 0 heterocycles. The maximum absolute atomic E-state index is 10.9. The van der Waals surface area contributed by atoms with E-state index in [1.807, 2.05) is 6.92 Å². The van der Waals surface area contributed by atoms with Crippen molar-refractivity contribution in [1.29, 1.82) is 0 Å². The van der Waals surface area contributed by atoms with Crippen molar-refractivity contribution in [2.24, 2.45) is 0 Å². The van der Waals surface area contributed by atoms with Crippen LogP contribution in [0.25, 0.3) is 0 Å². The van der Waals surface area contributed by atoms with Crippen LogP contribution in [0.1, 0.15) is 13.8 Å². The lowest BCUT2D eigenvalue weighted by Crippen LogP contribution is -2.37. The van der Waals surface area contributed by atoms with Crippen molar-refractivity contribution in [2.45, 2.75) is 13.8 Å². The first-order valence-electron chi connectivity index (χ1n) is 4.89. The van der Waals surface area contributed by atoms with E-state index in [4.69, 9.17) is 4.74 Å². The standard InChI is InChI=1S/C9H18N2O4/c1-3-10-9(13)11-4-5-14-6-7-15-8(2)12/h3-7H2,1-2H3,(H2,10,11,13). The highest BCUT2D eigenvalue weighted by atomic mass is 16.6. The van der Waals surface area contributed by atoms with Crippen LogP contribution in [0.3, 0.4) is 0 Å². The number of hydrogen-bond acceptors (Lipinski definition) is 4. The third kappa shape index (κ3) is 10.6.